The Morgan fingerprint density at radius 3 is 2.00 bits per heavy atom. The first-order valence-electron chi connectivity index (χ1n) is 2.20. The summed E-state index contributed by atoms with van der Waals surface area (Å²) in [4.78, 5) is 2.12. The summed E-state index contributed by atoms with van der Waals surface area (Å²) in [5, 5.41) is 0. The summed E-state index contributed by atoms with van der Waals surface area (Å²) < 4.78 is 0. The van der Waals surface area contributed by atoms with E-state index in [0.717, 1.165) is 6.44 Å². The molecule has 0 heterocycles. The monoisotopic (exact) mass is 84.1 g/mol. The van der Waals surface area contributed by atoms with Crippen LogP contribution in [0.3, 0.4) is 0 Å². The molecule has 0 fully saturated rings. The summed E-state index contributed by atoms with van der Waals surface area (Å²) in [7, 11) is 6.24. The first-order chi connectivity index (χ1) is 2.77. The maximum absolute atomic E-state index is 2.12. The number of rotatable bonds is 2. The smallest absolute Gasteiger partial charge is 0.125 e. The van der Waals surface area contributed by atoms with E-state index in [2.05, 4.69) is 33.1 Å². The van der Waals surface area contributed by atoms with Crippen molar-refractivity contribution >= 4 is 7.28 Å². The topological polar surface area (TPSA) is 3.24 Å². The zero-order chi connectivity index (χ0) is 4.99. The molecule has 0 aromatic carbocycles. The van der Waals surface area contributed by atoms with Gasteiger partial charge in [-0.25, -0.2) is 0 Å². The van der Waals surface area contributed by atoms with Crippen LogP contribution in [0, 0.1) is 0 Å². The van der Waals surface area contributed by atoms with Gasteiger partial charge in [-0.2, -0.15) is 0 Å². The van der Waals surface area contributed by atoms with Crippen molar-refractivity contribution in [2.75, 3.05) is 20.5 Å². The predicted molar refractivity (Wildman–Crippen MR) is 30.2 cm³/mol. The van der Waals surface area contributed by atoms with Gasteiger partial charge >= 0.3 is 0 Å². The van der Waals surface area contributed by atoms with Crippen molar-refractivity contribution in [1.82, 2.24) is 4.90 Å². The van der Waals surface area contributed by atoms with Crippen molar-refractivity contribution in [3.63, 3.8) is 0 Å². The molecule has 0 amide bonds. The van der Waals surface area contributed by atoms with Gasteiger partial charge in [-0.05, 0) is 20.5 Å². The van der Waals surface area contributed by atoms with E-state index in [9.17, 15) is 0 Å². The average Bonchev–Trinajstić information content (AvgIpc) is 1.35. The van der Waals surface area contributed by atoms with Crippen molar-refractivity contribution in [3.8, 4) is 0 Å². The summed E-state index contributed by atoms with van der Waals surface area (Å²) in [5.74, 6) is 0. The van der Waals surface area contributed by atoms with Gasteiger partial charge in [-0.1, -0.05) is 6.82 Å². The molecule has 0 aliphatic carbocycles. The fourth-order valence-corrected chi connectivity index (χ4v) is 0.365. The highest BCUT2D eigenvalue weighted by atomic mass is 15.0. The Morgan fingerprint density at radius 2 is 2.00 bits per heavy atom. The molecule has 2 heteroatoms. The third kappa shape index (κ3) is 4.02. The highest BCUT2D eigenvalue weighted by Gasteiger charge is 1.81. The van der Waals surface area contributed by atoms with Crippen molar-refractivity contribution in [1.29, 1.82) is 0 Å². The Hall–Kier alpha value is 0.0249. The molecule has 0 aliphatic rings. The standard InChI is InChI=1S/C4H11BN/c1-5-4-6(2)3/h4H2,1-3H3. The third-order valence-electron chi connectivity index (χ3n) is 0.548. The van der Waals surface area contributed by atoms with E-state index >= 15 is 0 Å². The molecule has 0 saturated heterocycles. The van der Waals surface area contributed by atoms with Crippen LogP contribution in [0.1, 0.15) is 0 Å². The molecule has 0 bridgehead atoms. The van der Waals surface area contributed by atoms with Gasteiger partial charge in [0.15, 0.2) is 0 Å². The zero-order valence-electron chi connectivity index (χ0n) is 4.73. The zero-order valence-corrected chi connectivity index (χ0v) is 4.73. The molecule has 0 N–H and O–H groups in total. The van der Waals surface area contributed by atoms with E-state index in [0.29, 0.717) is 0 Å². The van der Waals surface area contributed by atoms with Gasteiger partial charge in [0.25, 0.3) is 0 Å². The first-order valence-corrected chi connectivity index (χ1v) is 2.20. The lowest BCUT2D eigenvalue weighted by molar-refractivity contribution is 0.478. The van der Waals surface area contributed by atoms with Gasteiger partial charge in [0.2, 0.25) is 0 Å². The Bertz CT molecular complexity index is 28.7. The molecule has 0 aromatic rings. The summed E-state index contributed by atoms with van der Waals surface area (Å²) in [6.45, 7) is 2.06. The molecule has 0 aromatic heterocycles. The van der Waals surface area contributed by atoms with E-state index in [4.69, 9.17) is 0 Å². The van der Waals surface area contributed by atoms with Gasteiger partial charge in [0.05, 0.1) is 0 Å². The summed E-state index contributed by atoms with van der Waals surface area (Å²) in [6, 6.07) is 0. The van der Waals surface area contributed by atoms with Crippen LogP contribution in [0.4, 0.5) is 0 Å². The van der Waals surface area contributed by atoms with Crippen LogP contribution < -0.4 is 0 Å². The van der Waals surface area contributed by atoms with Crippen LogP contribution in [-0.4, -0.2) is 32.7 Å². The molecule has 6 heavy (non-hydrogen) atoms. The molecule has 0 spiro atoms. The minimum Gasteiger partial charge on any atom is -0.317 e. The summed E-state index contributed by atoms with van der Waals surface area (Å²) >= 11 is 0. The van der Waals surface area contributed by atoms with Crippen LogP contribution in [0.15, 0.2) is 0 Å². The number of nitrogens with zero attached hydrogens (tertiary/aromatic N) is 1. The summed E-state index contributed by atoms with van der Waals surface area (Å²) in [6.07, 6.45) is 1.08. The maximum atomic E-state index is 2.12. The lowest BCUT2D eigenvalue weighted by atomic mass is 9.82. The van der Waals surface area contributed by atoms with Crippen molar-refractivity contribution in [2.24, 2.45) is 0 Å². The highest BCUT2D eigenvalue weighted by molar-refractivity contribution is 6.33. The van der Waals surface area contributed by atoms with Crippen molar-refractivity contribution in [3.05, 3.63) is 0 Å². The van der Waals surface area contributed by atoms with Crippen LogP contribution in [0.5, 0.6) is 0 Å². The Kier molecular flexibility index (Phi) is 3.24. The van der Waals surface area contributed by atoms with Gasteiger partial charge < -0.3 is 4.90 Å². The van der Waals surface area contributed by atoms with Crippen LogP contribution in [0.2, 0.25) is 6.82 Å². The van der Waals surface area contributed by atoms with Crippen molar-refractivity contribution < 1.29 is 0 Å². The molecular weight excluding hydrogens is 72.9 g/mol. The van der Waals surface area contributed by atoms with E-state index in [1.165, 1.54) is 0 Å². The van der Waals surface area contributed by atoms with Crippen LogP contribution in [0.25, 0.3) is 0 Å². The van der Waals surface area contributed by atoms with Gasteiger partial charge in [0, 0.05) is 0 Å². The minimum atomic E-state index is 1.08. The fraction of sp³-hybridized carbons (Fsp3) is 1.00. The number of hydrogen-bond donors (Lipinski definition) is 0. The van der Waals surface area contributed by atoms with Crippen molar-refractivity contribution in [2.45, 2.75) is 6.82 Å². The predicted octanol–water partition coefficient (Wildman–Crippen LogP) is 0.258. The van der Waals surface area contributed by atoms with Gasteiger partial charge in [-0.15, -0.1) is 0 Å². The van der Waals surface area contributed by atoms with E-state index in [1.54, 1.807) is 0 Å². The fourth-order valence-electron chi connectivity index (χ4n) is 0.365. The molecule has 1 radical (unpaired) electrons. The molecular formula is C4H11BN. The molecule has 0 saturated carbocycles. The van der Waals surface area contributed by atoms with Gasteiger partial charge in [-0.3, -0.25) is 0 Å². The van der Waals surface area contributed by atoms with E-state index < -0.39 is 0 Å². The van der Waals surface area contributed by atoms with E-state index in [1.807, 2.05) is 0 Å². The first kappa shape index (κ1) is 6.02. The number of hydrogen-bond acceptors (Lipinski definition) is 1. The molecule has 0 aliphatic heterocycles. The van der Waals surface area contributed by atoms with E-state index in [-0.39, 0.29) is 0 Å². The minimum absolute atomic E-state index is 1.08. The molecule has 1 nitrogen and oxygen atoms in total. The normalized spacial score (nSPS) is 9.33. The third-order valence-corrected chi connectivity index (χ3v) is 0.548. The second-order valence-corrected chi connectivity index (χ2v) is 1.67. The quantitative estimate of drug-likeness (QED) is 0.433. The molecule has 0 unspecified atom stereocenters. The summed E-state index contributed by atoms with van der Waals surface area (Å²) in [5.41, 5.74) is 0. The lowest BCUT2D eigenvalue weighted by Gasteiger charge is -2.03. The lowest BCUT2D eigenvalue weighted by Crippen LogP contribution is -2.16. The molecule has 35 valence electrons. The average molecular weight is 84.0 g/mol. The Labute approximate surface area is 40.6 Å². The second-order valence-electron chi connectivity index (χ2n) is 1.67. The SMILES string of the molecule is C[B]CN(C)C. The Balaban J connectivity index is 2.63. The highest BCUT2D eigenvalue weighted by Crippen LogP contribution is 1.66. The largest absolute Gasteiger partial charge is 0.317 e. The molecule has 0 rings (SSSR count). The Morgan fingerprint density at radius 1 is 1.50 bits per heavy atom. The van der Waals surface area contributed by atoms with Crippen LogP contribution >= 0.6 is 0 Å². The molecule has 0 atom stereocenters. The maximum Gasteiger partial charge on any atom is 0.125 e. The van der Waals surface area contributed by atoms with Gasteiger partial charge in [0.1, 0.15) is 7.28 Å². The second kappa shape index (κ2) is 3.22. The van der Waals surface area contributed by atoms with Crippen LogP contribution in [-0.2, 0) is 0 Å².